The zero-order valence-corrected chi connectivity index (χ0v) is 13.7. The zero-order valence-electron chi connectivity index (χ0n) is 13.7. The van der Waals surface area contributed by atoms with Crippen molar-refractivity contribution in [2.24, 2.45) is 11.8 Å². The predicted molar refractivity (Wildman–Crippen MR) is 86.3 cm³/mol. The van der Waals surface area contributed by atoms with Gasteiger partial charge in [-0.3, -0.25) is 4.79 Å². The fourth-order valence-corrected chi connectivity index (χ4v) is 3.81. The molecule has 3 rings (SSSR count). The summed E-state index contributed by atoms with van der Waals surface area (Å²) in [4.78, 5) is 24.2. The lowest BCUT2D eigenvalue weighted by Crippen LogP contribution is -2.45. The van der Waals surface area contributed by atoms with Crippen molar-refractivity contribution in [1.82, 2.24) is 0 Å². The molecule has 0 saturated heterocycles. The summed E-state index contributed by atoms with van der Waals surface area (Å²) in [6, 6.07) is 7.76. The summed E-state index contributed by atoms with van der Waals surface area (Å²) in [6.07, 6.45) is 3.49. The Kier molecular flexibility index (Phi) is 4.00. The summed E-state index contributed by atoms with van der Waals surface area (Å²) in [6.45, 7) is 6.13. The number of hydrogen-bond donors (Lipinski definition) is 0. The standard InChI is InChI=1S/C19H22O4/c1-4-22-18(21)12-9-10-15-17(14(12)11-20)13-7-5-6-8-16(13)23-19(15,2)3/h5-8,10-12,14,17H,4,9H2,1-3H3/t12-,14+,17+/m0/s1. The highest BCUT2D eigenvalue weighted by Gasteiger charge is 2.48. The topological polar surface area (TPSA) is 52.6 Å². The van der Waals surface area contributed by atoms with E-state index in [1.54, 1.807) is 6.92 Å². The van der Waals surface area contributed by atoms with Crippen molar-refractivity contribution in [2.45, 2.75) is 38.7 Å². The lowest BCUT2D eigenvalue weighted by molar-refractivity contribution is -0.151. The highest BCUT2D eigenvalue weighted by atomic mass is 16.5. The van der Waals surface area contributed by atoms with Crippen LogP contribution < -0.4 is 4.74 Å². The largest absolute Gasteiger partial charge is 0.483 e. The molecule has 1 aromatic carbocycles. The normalized spacial score (nSPS) is 27.8. The van der Waals surface area contributed by atoms with E-state index in [9.17, 15) is 9.59 Å². The number of rotatable bonds is 3. The molecule has 0 N–H and O–H groups in total. The molecule has 1 heterocycles. The molecule has 1 aliphatic heterocycles. The van der Waals surface area contributed by atoms with Crippen LogP contribution in [0.25, 0.3) is 0 Å². The third kappa shape index (κ3) is 2.56. The number of benzene rings is 1. The van der Waals surface area contributed by atoms with Gasteiger partial charge in [-0.15, -0.1) is 0 Å². The number of fused-ring (bicyclic) bond motifs is 3. The maximum Gasteiger partial charge on any atom is 0.309 e. The Morgan fingerprint density at radius 1 is 1.39 bits per heavy atom. The van der Waals surface area contributed by atoms with E-state index < -0.39 is 17.4 Å². The van der Waals surface area contributed by atoms with Crippen LogP contribution in [0.1, 0.15) is 38.7 Å². The smallest absolute Gasteiger partial charge is 0.309 e. The average Bonchev–Trinajstić information content (AvgIpc) is 2.53. The molecule has 0 fully saturated rings. The molecule has 0 bridgehead atoms. The van der Waals surface area contributed by atoms with E-state index in [4.69, 9.17) is 9.47 Å². The number of aldehydes is 1. The Morgan fingerprint density at radius 3 is 2.83 bits per heavy atom. The van der Waals surface area contributed by atoms with Gasteiger partial charge in [-0.1, -0.05) is 24.3 Å². The molecule has 122 valence electrons. The molecule has 1 aromatic rings. The van der Waals surface area contributed by atoms with Gasteiger partial charge in [0.1, 0.15) is 17.6 Å². The van der Waals surface area contributed by atoms with Crippen molar-refractivity contribution in [1.29, 1.82) is 0 Å². The first kappa shape index (κ1) is 15.8. The van der Waals surface area contributed by atoms with Crippen molar-refractivity contribution < 1.29 is 19.1 Å². The average molecular weight is 314 g/mol. The van der Waals surface area contributed by atoms with Crippen LogP contribution in [0.15, 0.2) is 35.9 Å². The summed E-state index contributed by atoms with van der Waals surface area (Å²) in [5.41, 5.74) is 1.57. The molecule has 0 spiro atoms. The third-order valence-corrected chi connectivity index (χ3v) is 4.84. The second kappa shape index (κ2) is 5.84. The molecule has 23 heavy (non-hydrogen) atoms. The molecular formula is C19H22O4. The van der Waals surface area contributed by atoms with Crippen LogP contribution in [0, 0.1) is 11.8 Å². The number of carbonyl (C=O) groups excluding carboxylic acids is 2. The highest BCUT2D eigenvalue weighted by Crippen LogP contribution is 2.52. The van der Waals surface area contributed by atoms with Gasteiger partial charge in [0.2, 0.25) is 0 Å². The van der Waals surface area contributed by atoms with E-state index in [-0.39, 0.29) is 11.9 Å². The van der Waals surface area contributed by atoms with Crippen LogP contribution in [-0.4, -0.2) is 24.5 Å². The first-order chi connectivity index (χ1) is 11.0. The number of para-hydroxylation sites is 1. The van der Waals surface area contributed by atoms with E-state index in [0.717, 1.165) is 23.2 Å². The Morgan fingerprint density at radius 2 is 2.13 bits per heavy atom. The fraction of sp³-hybridized carbons (Fsp3) is 0.474. The van der Waals surface area contributed by atoms with E-state index in [0.29, 0.717) is 13.0 Å². The van der Waals surface area contributed by atoms with Crippen LogP contribution in [0.5, 0.6) is 5.75 Å². The molecule has 0 aromatic heterocycles. The van der Waals surface area contributed by atoms with Crippen LogP contribution >= 0.6 is 0 Å². The number of hydrogen-bond acceptors (Lipinski definition) is 4. The molecule has 4 heteroatoms. The van der Waals surface area contributed by atoms with Crippen molar-refractivity contribution in [2.75, 3.05) is 6.61 Å². The van der Waals surface area contributed by atoms with Gasteiger partial charge < -0.3 is 14.3 Å². The van der Waals surface area contributed by atoms with Crippen LogP contribution in [0.2, 0.25) is 0 Å². The van der Waals surface area contributed by atoms with Gasteiger partial charge in [-0.05, 0) is 38.8 Å². The van der Waals surface area contributed by atoms with Crippen LogP contribution in [0.3, 0.4) is 0 Å². The van der Waals surface area contributed by atoms with Gasteiger partial charge in [0, 0.05) is 17.4 Å². The second-order valence-corrected chi connectivity index (χ2v) is 6.60. The number of carbonyl (C=O) groups is 2. The molecule has 0 radical (unpaired) electrons. The van der Waals surface area contributed by atoms with Gasteiger partial charge >= 0.3 is 5.97 Å². The van der Waals surface area contributed by atoms with Crippen LogP contribution in [-0.2, 0) is 14.3 Å². The Labute approximate surface area is 136 Å². The summed E-state index contributed by atoms with van der Waals surface area (Å²) in [7, 11) is 0. The monoisotopic (exact) mass is 314 g/mol. The maximum absolute atomic E-state index is 12.3. The van der Waals surface area contributed by atoms with Crippen molar-refractivity contribution >= 4 is 12.3 Å². The minimum absolute atomic E-state index is 0.129. The van der Waals surface area contributed by atoms with E-state index in [1.165, 1.54) is 0 Å². The Hall–Kier alpha value is -2.10. The molecule has 4 nitrogen and oxygen atoms in total. The van der Waals surface area contributed by atoms with Crippen molar-refractivity contribution in [3.8, 4) is 5.75 Å². The van der Waals surface area contributed by atoms with Gasteiger partial charge in [-0.2, -0.15) is 0 Å². The first-order valence-corrected chi connectivity index (χ1v) is 8.10. The molecule has 1 aliphatic carbocycles. The molecule has 0 saturated carbocycles. The number of esters is 1. The van der Waals surface area contributed by atoms with E-state index in [2.05, 4.69) is 6.08 Å². The molecule has 2 aliphatic rings. The van der Waals surface area contributed by atoms with Gasteiger partial charge in [0.25, 0.3) is 0 Å². The second-order valence-electron chi connectivity index (χ2n) is 6.60. The SMILES string of the molecule is CCOC(=O)[C@H]1CC=C2[C@H](c3ccccc3OC2(C)C)[C@@H]1C=O. The summed E-state index contributed by atoms with van der Waals surface area (Å²) >= 11 is 0. The van der Waals surface area contributed by atoms with Gasteiger partial charge in [0.15, 0.2) is 0 Å². The Bertz CT molecular complexity index is 659. The summed E-state index contributed by atoms with van der Waals surface area (Å²) < 4.78 is 11.3. The lowest BCUT2D eigenvalue weighted by atomic mass is 9.64. The Balaban J connectivity index is 2.09. The van der Waals surface area contributed by atoms with E-state index in [1.807, 2.05) is 38.1 Å². The predicted octanol–water partition coefficient (Wildman–Crippen LogP) is 3.27. The summed E-state index contributed by atoms with van der Waals surface area (Å²) in [5, 5.41) is 0. The fourth-order valence-electron chi connectivity index (χ4n) is 3.81. The van der Waals surface area contributed by atoms with Gasteiger partial charge in [-0.25, -0.2) is 0 Å². The molecular weight excluding hydrogens is 292 g/mol. The van der Waals surface area contributed by atoms with Crippen molar-refractivity contribution in [3.05, 3.63) is 41.5 Å². The highest BCUT2D eigenvalue weighted by molar-refractivity contribution is 5.79. The number of allylic oxidation sites excluding steroid dienone is 1. The molecule has 0 amide bonds. The van der Waals surface area contributed by atoms with Crippen molar-refractivity contribution in [3.63, 3.8) is 0 Å². The molecule has 3 atom stereocenters. The molecule has 0 unspecified atom stereocenters. The quantitative estimate of drug-likeness (QED) is 0.488. The van der Waals surface area contributed by atoms with Crippen LogP contribution in [0.4, 0.5) is 0 Å². The minimum Gasteiger partial charge on any atom is -0.483 e. The first-order valence-electron chi connectivity index (χ1n) is 8.10. The minimum atomic E-state index is -0.486. The number of ether oxygens (including phenoxy) is 2. The van der Waals surface area contributed by atoms with Gasteiger partial charge in [0.05, 0.1) is 12.5 Å². The summed E-state index contributed by atoms with van der Waals surface area (Å²) in [5.74, 6) is -0.477. The maximum atomic E-state index is 12.3. The van der Waals surface area contributed by atoms with E-state index >= 15 is 0 Å². The third-order valence-electron chi connectivity index (χ3n) is 4.84. The lowest BCUT2D eigenvalue weighted by Gasteiger charge is -2.45. The zero-order chi connectivity index (χ0) is 16.6.